The van der Waals surface area contributed by atoms with Gasteiger partial charge in [0.1, 0.15) is 11.9 Å². The number of aryl methyl sites for hydroxylation is 1. The van der Waals surface area contributed by atoms with Crippen LogP contribution in [-0.4, -0.2) is 13.1 Å². The smallest absolute Gasteiger partial charge is 0.138 e. The molecule has 1 aliphatic rings. The molecule has 2 nitrogen and oxygen atoms in total. The van der Waals surface area contributed by atoms with E-state index < -0.39 is 0 Å². The molecule has 3 rings (SSSR count). The SMILES string of the molecule is Cc1cccc([C@H](Oc2ccccc2Cl)[C@H]2CCNC2)c1. The van der Waals surface area contributed by atoms with Crippen LogP contribution in [0.2, 0.25) is 5.02 Å². The van der Waals surface area contributed by atoms with Gasteiger partial charge in [-0.3, -0.25) is 0 Å². The Morgan fingerprint density at radius 3 is 2.76 bits per heavy atom. The second-order valence-electron chi connectivity index (χ2n) is 5.64. The van der Waals surface area contributed by atoms with Crippen molar-refractivity contribution in [2.75, 3.05) is 13.1 Å². The van der Waals surface area contributed by atoms with Gasteiger partial charge in [-0.15, -0.1) is 0 Å². The molecule has 2 aromatic rings. The largest absolute Gasteiger partial charge is 0.484 e. The average Bonchev–Trinajstić information content (AvgIpc) is 3.00. The Balaban J connectivity index is 1.91. The van der Waals surface area contributed by atoms with Crippen molar-refractivity contribution in [1.29, 1.82) is 0 Å². The summed E-state index contributed by atoms with van der Waals surface area (Å²) in [5.74, 6) is 1.24. The molecule has 0 aromatic heterocycles. The zero-order valence-electron chi connectivity index (χ0n) is 12.2. The van der Waals surface area contributed by atoms with Gasteiger partial charge >= 0.3 is 0 Å². The second-order valence-corrected chi connectivity index (χ2v) is 6.04. The van der Waals surface area contributed by atoms with Crippen molar-refractivity contribution in [2.45, 2.75) is 19.4 Å². The molecule has 0 spiro atoms. The van der Waals surface area contributed by atoms with Crippen LogP contribution in [0.4, 0.5) is 0 Å². The van der Waals surface area contributed by atoms with Gasteiger partial charge in [-0.05, 0) is 37.6 Å². The van der Waals surface area contributed by atoms with Crippen LogP contribution in [0.3, 0.4) is 0 Å². The number of para-hydroxylation sites is 1. The van der Waals surface area contributed by atoms with Gasteiger partial charge in [0.2, 0.25) is 0 Å². The Morgan fingerprint density at radius 2 is 2.05 bits per heavy atom. The minimum absolute atomic E-state index is 0.0415. The summed E-state index contributed by atoms with van der Waals surface area (Å²) in [7, 11) is 0. The first-order valence-corrected chi connectivity index (χ1v) is 7.80. The van der Waals surface area contributed by atoms with Crippen LogP contribution in [0.1, 0.15) is 23.7 Å². The molecule has 0 radical (unpaired) electrons. The highest BCUT2D eigenvalue weighted by Gasteiger charge is 2.28. The maximum atomic E-state index is 6.30. The summed E-state index contributed by atoms with van der Waals surface area (Å²) in [6.45, 7) is 4.16. The zero-order chi connectivity index (χ0) is 14.7. The summed E-state index contributed by atoms with van der Waals surface area (Å²) >= 11 is 6.25. The van der Waals surface area contributed by atoms with E-state index in [1.165, 1.54) is 11.1 Å². The number of nitrogens with one attached hydrogen (secondary N) is 1. The Hall–Kier alpha value is -1.51. The van der Waals surface area contributed by atoms with E-state index in [2.05, 4.69) is 36.5 Å². The van der Waals surface area contributed by atoms with Crippen molar-refractivity contribution in [2.24, 2.45) is 5.92 Å². The zero-order valence-corrected chi connectivity index (χ0v) is 12.9. The topological polar surface area (TPSA) is 21.3 Å². The molecular weight excluding hydrogens is 282 g/mol. The molecule has 2 aromatic carbocycles. The predicted octanol–water partition coefficient (Wildman–Crippen LogP) is 4.38. The lowest BCUT2D eigenvalue weighted by Crippen LogP contribution is -2.21. The third-order valence-corrected chi connectivity index (χ3v) is 4.30. The molecular formula is C18H20ClNO. The Labute approximate surface area is 131 Å². The molecule has 110 valence electrons. The molecule has 3 heteroatoms. The Bertz CT molecular complexity index is 608. The first-order valence-electron chi connectivity index (χ1n) is 7.42. The Morgan fingerprint density at radius 1 is 1.19 bits per heavy atom. The van der Waals surface area contributed by atoms with Crippen LogP contribution in [0.15, 0.2) is 48.5 Å². The fourth-order valence-corrected chi connectivity index (χ4v) is 3.08. The summed E-state index contributed by atoms with van der Waals surface area (Å²) in [5.41, 5.74) is 2.48. The van der Waals surface area contributed by atoms with E-state index in [-0.39, 0.29) is 6.10 Å². The summed E-state index contributed by atoms with van der Waals surface area (Å²) < 4.78 is 6.30. The molecule has 0 bridgehead atoms. The van der Waals surface area contributed by atoms with Crippen LogP contribution < -0.4 is 10.1 Å². The van der Waals surface area contributed by atoms with Gasteiger partial charge in [0.05, 0.1) is 5.02 Å². The number of hydrogen-bond donors (Lipinski definition) is 1. The van der Waals surface area contributed by atoms with E-state index in [4.69, 9.17) is 16.3 Å². The summed E-state index contributed by atoms with van der Waals surface area (Å²) in [4.78, 5) is 0. The first kappa shape index (κ1) is 14.4. The van der Waals surface area contributed by atoms with Crippen molar-refractivity contribution in [3.8, 4) is 5.75 Å². The fraction of sp³-hybridized carbons (Fsp3) is 0.333. The van der Waals surface area contributed by atoms with Crippen LogP contribution in [0, 0.1) is 12.8 Å². The number of benzene rings is 2. The molecule has 0 aliphatic carbocycles. The molecule has 1 aliphatic heterocycles. The molecule has 2 atom stereocenters. The number of halogens is 1. The lowest BCUT2D eigenvalue weighted by molar-refractivity contribution is 0.144. The van der Waals surface area contributed by atoms with Gasteiger partial charge in [0.15, 0.2) is 0 Å². The highest BCUT2D eigenvalue weighted by Crippen LogP contribution is 2.35. The lowest BCUT2D eigenvalue weighted by Gasteiger charge is -2.25. The number of rotatable bonds is 4. The molecule has 21 heavy (non-hydrogen) atoms. The van der Waals surface area contributed by atoms with E-state index in [0.717, 1.165) is 25.3 Å². The van der Waals surface area contributed by atoms with Crippen molar-refractivity contribution < 1.29 is 4.74 Å². The first-order chi connectivity index (χ1) is 10.2. The summed E-state index contributed by atoms with van der Waals surface area (Å²) in [5, 5.41) is 4.09. The molecule has 1 N–H and O–H groups in total. The average molecular weight is 302 g/mol. The predicted molar refractivity (Wildman–Crippen MR) is 87.0 cm³/mol. The van der Waals surface area contributed by atoms with E-state index in [9.17, 15) is 0 Å². The standard InChI is InChI=1S/C18H20ClNO/c1-13-5-4-6-14(11-13)18(15-9-10-20-12-15)21-17-8-3-2-7-16(17)19/h2-8,11,15,18,20H,9-10,12H2,1H3/t15-,18-/m0/s1. The highest BCUT2D eigenvalue weighted by atomic mass is 35.5. The molecule has 1 saturated heterocycles. The third kappa shape index (κ3) is 3.39. The van der Waals surface area contributed by atoms with Crippen LogP contribution in [-0.2, 0) is 0 Å². The van der Waals surface area contributed by atoms with Gasteiger partial charge in [0, 0.05) is 12.5 Å². The lowest BCUT2D eigenvalue weighted by atomic mass is 9.94. The normalized spacial score (nSPS) is 19.4. The van der Waals surface area contributed by atoms with Crippen molar-refractivity contribution >= 4 is 11.6 Å². The molecule has 0 saturated carbocycles. The molecule has 1 heterocycles. The van der Waals surface area contributed by atoms with E-state index in [0.29, 0.717) is 10.9 Å². The van der Waals surface area contributed by atoms with Gasteiger partial charge in [0.25, 0.3) is 0 Å². The van der Waals surface area contributed by atoms with E-state index in [1.54, 1.807) is 0 Å². The van der Waals surface area contributed by atoms with Crippen LogP contribution in [0.25, 0.3) is 0 Å². The van der Waals surface area contributed by atoms with Gasteiger partial charge in [-0.1, -0.05) is 53.6 Å². The number of ether oxygens (including phenoxy) is 1. The van der Waals surface area contributed by atoms with Crippen LogP contribution >= 0.6 is 11.6 Å². The van der Waals surface area contributed by atoms with E-state index >= 15 is 0 Å². The minimum atomic E-state index is 0.0415. The summed E-state index contributed by atoms with van der Waals surface area (Å²) in [6.07, 6.45) is 1.17. The van der Waals surface area contributed by atoms with Crippen molar-refractivity contribution in [3.05, 3.63) is 64.7 Å². The van der Waals surface area contributed by atoms with Gasteiger partial charge in [-0.25, -0.2) is 0 Å². The quantitative estimate of drug-likeness (QED) is 0.905. The summed E-state index contributed by atoms with van der Waals surface area (Å²) in [6, 6.07) is 16.3. The second kappa shape index (κ2) is 6.50. The fourth-order valence-electron chi connectivity index (χ4n) is 2.90. The van der Waals surface area contributed by atoms with Crippen molar-refractivity contribution in [1.82, 2.24) is 5.32 Å². The van der Waals surface area contributed by atoms with Gasteiger partial charge in [-0.2, -0.15) is 0 Å². The molecule has 1 fully saturated rings. The third-order valence-electron chi connectivity index (χ3n) is 3.99. The maximum absolute atomic E-state index is 6.30. The Kier molecular flexibility index (Phi) is 4.47. The highest BCUT2D eigenvalue weighted by molar-refractivity contribution is 6.32. The van der Waals surface area contributed by atoms with E-state index in [1.807, 2.05) is 24.3 Å². The maximum Gasteiger partial charge on any atom is 0.138 e. The van der Waals surface area contributed by atoms with Gasteiger partial charge < -0.3 is 10.1 Å². The number of hydrogen-bond acceptors (Lipinski definition) is 2. The minimum Gasteiger partial charge on any atom is -0.484 e. The van der Waals surface area contributed by atoms with Crippen molar-refractivity contribution in [3.63, 3.8) is 0 Å². The molecule has 0 amide bonds. The molecule has 0 unspecified atom stereocenters. The monoisotopic (exact) mass is 301 g/mol. The van der Waals surface area contributed by atoms with Crippen LogP contribution in [0.5, 0.6) is 5.75 Å².